The third kappa shape index (κ3) is 2.44. The van der Waals surface area contributed by atoms with Crippen LogP contribution in [0.3, 0.4) is 0 Å². The van der Waals surface area contributed by atoms with E-state index in [0.29, 0.717) is 11.4 Å². The standard InChI is InChI=1S/C16H11N3O/c20-11-12-5-3-7-15(18-12)16-9-4-8-14(19-16)13-6-1-2-10-17-13/h1-11H. The monoisotopic (exact) mass is 261 g/mol. The zero-order valence-electron chi connectivity index (χ0n) is 10.6. The van der Waals surface area contributed by atoms with Crippen LogP contribution in [-0.4, -0.2) is 21.2 Å². The van der Waals surface area contributed by atoms with Crippen molar-refractivity contribution in [3.05, 3.63) is 66.5 Å². The minimum Gasteiger partial charge on any atom is -0.296 e. The van der Waals surface area contributed by atoms with Gasteiger partial charge in [-0.1, -0.05) is 18.2 Å². The molecular formula is C16H11N3O. The fourth-order valence-corrected chi connectivity index (χ4v) is 1.89. The molecule has 0 atom stereocenters. The summed E-state index contributed by atoms with van der Waals surface area (Å²) in [6, 6.07) is 16.6. The zero-order valence-corrected chi connectivity index (χ0v) is 10.6. The molecule has 0 bridgehead atoms. The molecule has 0 spiro atoms. The summed E-state index contributed by atoms with van der Waals surface area (Å²) in [6.45, 7) is 0. The Morgan fingerprint density at radius 1 is 0.700 bits per heavy atom. The first-order valence-corrected chi connectivity index (χ1v) is 6.18. The fraction of sp³-hybridized carbons (Fsp3) is 0. The largest absolute Gasteiger partial charge is 0.296 e. The lowest BCUT2D eigenvalue weighted by molar-refractivity contribution is 0.111. The number of rotatable bonds is 3. The molecule has 3 aromatic heterocycles. The van der Waals surface area contributed by atoms with Crippen LogP contribution >= 0.6 is 0 Å². The highest BCUT2D eigenvalue weighted by atomic mass is 16.1. The van der Waals surface area contributed by atoms with Crippen molar-refractivity contribution < 1.29 is 4.79 Å². The average Bonchev–Trinajstić information content (AvgIpc) is 2.56. The van der Waals surface area contributed by atoms with Crippen LogP contribution in [0.25, 0.3) is 22.8 Å². The van der Waals surface area contributed by atoms with Gasteiger partial charge in [-0.25, -0.2) is 9.97 Å². The topological polar surface area (TPSA) is 55.7 Å². The Bertz CT molecular complexity index is 741. The van der Waals surface area contributed by atoms with Gasteiger partial charge in [0.1, 0.15) is 5.69 Å². The van der Waals surface area contributed by atoms with E-state index in [4.69, 9.17) is 0 Å². The van der Waals surface area contributed by atoms with Gasteiger partial charge < -0.3 is 0 Å². The van der Waals surface area contributed by atoms with E-state index >= 15 is 0 Å². The van der Waals surface area contributed by atoms with Crippen molar-refractivity contribution in [3.8, 4) is 22.8 Å². The molecule has 0 radical (unpaired) electrons. The number of nitrogens with zero attached hydrogens (tertiary/aromatic N) is 3. The van der Waals surface area contributed by atoms with Crippen molar-refractivity contribution in [2.24, 2.45) is 0 Å². The summed E-state index contributed by atoms with van der Waals surface area (Å²) in [5.74, 6) is 0. The van der Waals surface area contributed by atoms with Gasteiger partial charge in [0.15, 0.2) is 6.29 Å². The summed E-state index contributed by atoms with van der Waals surface area (Å²) in [4.78, 5) is 23.9. The summed E-state index contributed by atoms with van der Waals surface area (Å²) < 4.78 is 0. The maximum atomic E-state index is 10.8. The summed E-state index contributed by atoms with van der Waals surface area (Å²) in [6.07, 6.45) is 2.46. The van der Waals surface area contributed by atoms with Crippen molar-refractivity contribution >= 4 is 6.29 Å². The van der Waals surface area contributed by atoms with Gasteiger partial charge in [-0.15, -0.1) is 0 Å². The highest BCUT2D eigenvalue weighted by molar-refractivity contribution is 5.73. The predicted octanol–water partition coefficient (Wildman–Crippen LogP) is 3.02. The summed E-state index contributed by atoms with van der Waals surface area (Å²) in [5.41, 5.74) is 3.37. The van der Waals surface area contributed by atoms with Crippen molar-refractivity contribution in [1.82, 2.24) is 15.0 Å². The van der Waals surface area contributed by atoms with E-state index in [1.54, 1.807) is 18.3 Å². The second kappa shape index (κ2) is 5.40. The third-order valence-electron chi connectivity index (χ3n) is 2.83. The molecule has 96 valence electrons. The Morgan fingerprint density at radius 2 is 1.35 bits per heavy atom. The second-order valence-corrected chi connectivity index (χ2v) is 4.19. The SMILES string of the molecule is O=Cc1cccc(-c2cccc(-c3ccccn3)n2)n1. The molecule has 0 aliphatic rings. The minimum absolute atomic E-state index is 0.396. The molecule has 0 N–H and O–H groups in total. The molecule has 3 rings (SSSR count). The summed E-state index contributed by atoms with van der Waals surface area (Å²) in [7, 11) is 0. The molecule has 4 nitrogen and oxygen atoms in total. The van der Waals surface area contributed by atoms with Crippen LogP contribution in [0.4, 0.5) is 0 Å². The minimum atomic E-state index is 0.396. The van der Waals surface area contributed by atoms with Crippen molar-refractivity contribution in [1.29, 1.82) is 0 Å². The lowest BCUT2D eigenvalue weighted by Gasteiger charge is -2.04. The Hall–Kier alpha value is -2.88. The third-order valence-corrected chi connectivity index (χ3v) is 2.83. The molecule has 0 aromatic carbocycles. The van der Waals surface area contributed by atoms with Gasteiger partial charge in [0.05, 0.1) is 22.8 Å². The van der Waals surface area contributed by atoms with Crippen molar-refractivity contribution in [2.45, 2.75) is 0 Å². The van der Waals surface area contributed by atoms with E-state index in [0.717, 1.165) is 23.4 Å². The second-order valence-electron chi connectivity index (χ2n) is 4.19. The molecule has 3 aromatic rings. The molecule has 0 aliphatic heterocycles. The predicted molar refractivity (Wildman–Crippen MR) is 76.1 cm³/mol. The van der Waals surface area contributed by atoms with Gasteiger partial charge >= 0.3 is 0 Å². The highest BCUT2D eigenvalue weighted by Gasteiger charge is 2.05. The molecule has 3 heterocycles. The molecule has 0 fully saturated rings. The van der Waals surface area contributed by atoms with E-state index in [1.165, 1.54) is 0 Å². The lowest BCUT2D eigenvalue weighted by atomic mass is 10.2. The molecular weight excluding hydrogens is 250 g/mol. The van der Waals surface area contributed by atoms with Gasteiger partial charge in [0.25, 0.3) is 0 Å². The van der Waals surface area contributed by atoms with Crippen LogP contribution in [0, 0.1) is 0 Å². The van der Waals surface area contributed by atoms with E-state index in [1.807, 2.05) is 42.5 Å². The maximum Gasteiger partial charge on any atom is 0.168 e. The first-order valence-electron chi connectivity index (χ1n) is 6.18. The van der Waals surface area contributed by atoms with Crippen molar-refractivity contribution in [3.63, 3.8) is 0 Å². The molecule has 4 heteroatoms. The van der Waals surface area contributed by atoms with Crippen LogP contribution in [0.5, 0.6) is 0 Å². The summed E-state index contributed by atoms with van der Waals surface area (Å²) in [5, 5.41) is 0. The molecule has 0 saturated carbocycles. The first kappa shape index (κ1) is 12.2. The molecule has 0 aliphatic carbocycles. The Kier molecular flexibility index (Phi) is 3.29. The van der Waals surface area contributed by atoms with Crippen LogP contribution < -0.4 is 0 Å². The Morgan fingerprint density at radius 3 is 2.05 bits per heavy atom. The maximum absolute atomic E-state index is 10.8. The van der Waals surface area contributed by atoms with E-state index < -0.39 is 0 Å². The number of aromatic nitrogens is 3. The van der Waals surface area contributed by atoms with E-state index in [2.05, 4.69) is 15.0 Å². The zero-order chi connectivity index (χ0) is 13.8. The Balaban J connectivity index is 2.05. The molecule has 0 unspecified atom stereocenters. The first-order chi connectivity index (χ1) is 9.86. The average molecular weight is 261 g/mol. The number of pyridine rings is 3. The molecule has 0 saturated heterocycles. The summed E-state index contributed by atoms with van der Waals surface area (Å²) >= 11 is 0. The van der Waals surface area contributed by atoms with Crippen LogP contribution in [0.15, 0.2) is 60.8 Å². The number of carbonyl (C=O) groups excluding carboxylic acids is 1. The van der Waals surface area contributed by atoms with Gasteiger partial charge in [0.2, 0.25) is 0 Å². The van der Waals surface area contributed by atoms with Gasteiger partial charge in [0, 0.05) is 6.20 Å². The lowest BCUT2D eigenvalue weighted by Crippen LogP contribution is -1.93. The molecule has 0 amide bonds. The highest BCUT2D eigenvalue weighted by Crippen LogP contribution is 2.19. The van der Waals surface area contributed by atoms with Gasteiger partial charge in [-0.3, -0.25) is 9.78 Å². The van der Waals surface area contributed by atoms with Crippen LogP contribution in [0.1, 0.15) is 10.5 Å². The smallest absolute Gasteiger partial charge is 0.168 e. The van der Waals surface area contributed by atoms with E-state index in [9.17, 15) is 4.79 Å². The normalized spacial score (nSPS) is 10.2. The number of carbonyl (C=O) groups is 1. The number of hydrogen-bond donors (Lipinski definition) is 0. The fourth-order valence-electron chi connectivity index (χ4n) is 1.89. The van der Waals surface area contributed by atoms with Crippen LogP contribution in [-0.2, 0) is 0 Å². The van der Waals surface area contributed by atoms with Crippen LogP contribution in [0.2, 0.25) is 0 Å². The van der Waals surface area contributed by atoms with Gasteiger partial charge in [-0.2, -0.15) is 0 Å². The Labute approximate surface area is 116 Å². The van der Waals surface area contributed by atoms with Crippen molar-refractivity contribution in [2.75, 3.05) is 0 Å². The number of aldehydes is 1. The quantitative estimate of drug-likeness (QED) is 0.680. The number of hydrogen-bond acceptors (Lipinski definition) is 4. The molecule has 20 heavy (non-hydrogen) atoms. The van der Waals surface area contributed by atoms with Gasteiger partial charge in [-0.05, 0) is 36.4 Å². The van der Waals surface area contributed by atoms with E-state index in [-0.39, 0.29) is 0 Å².